The van der Waals surface area contributed by atoms with Crippen LogP contribution in [0.2, 0.25) is 0 Å². The number of hydrogen-bond acceptors (Lipinski definition) is 4. The molecule has 0 unspecified atom stereocenters. The summed E-state index contributed by atoms with van der Waals surface area (Å²) in [5.74, 6) is 0.836. The van der Waals surface area contributed by atoms with Crippen LogP contribution < -0.4 is 5.32 Å². The van der Waals surface area contributed by atoms with Crippen molar-refractivity contribution in [3.63, 3.8) is 0 Å². The maximum Gasteiger partial charge on any atom is 0.325 e. The first kappa shape index (κ1) is 20.6. The molecule has 0 aromatic heterocycles. The first-order valence-corrected chi connectivity index (χ1v) is 11.7. The Morgan fingerprint density at radius 1 is 1.07 bits per heavy atom. The van der Waals surface area contributed by atoms with Gasteiger partial charge in [-0.3, -0.25) is 14.5 Å². The van der Waals surface area contributed by atoms with Crippen LogP contribution in [0.3, 0.4) is 0 Å². The van der Waals surface area contributed by atoms with E-state index in [0.29, 0.717) is 31.7 Å². The van der Waals surface area contributed by atoms with Crippen molar-refractivity contribution in [3.8, 4) is 0 Å². The molecule has 4 aliphatic rings. The molecule has 7 nitrogen and oxygen atoms in total. The van der Waals surface area contributed by atoms with E-state index < -0.39 is 5.54 Å². The Bertz CT molecular complexity index is 638. The largest absolute Gasteiger partial charge is 0.341 e. The Morgan fingerprint density at radius 3 is 2.48 bits per heavy atom. The van der Waals surface area contributed by atoms with Crippen LogP contribution in [0.15, 0.2) is 0 Å². The molecule has 29 heavy (non-hydrogen) atoms. The van der Waals surface area contributed by atoms with Gasteiger partial charge < -0.3 is 15.1 Å². The Kier molecular flexibility index (Phi) is 6.13. The van der Waals surface area contributed by atoms with Crippen molar-refractivity contribution in [3.05, 3.63) is 0 Å². The van der Waals surface area contributed by atoms with E-state index in [1.54, 1.807) is 0 Å². The van der Waals surface area contributed by atoms with Crippen molar-refractivity contribution in [2.45, 2.75) is 82.7 Å². The van der Waals surface area contributed by atoms with Crippen molar-refractivity contribution in [1.82, 2.24) is 20.0 Å². The number of imide groups is 1. The van der Waals surface area contributed by atoms with Crippen LogP contribution in [0.4, 0.5) is 4.79 Å². The quantitative estimate of drug-likeness (QED) is 0.714. The van der Waals surface area contributed by atoms with Gasteiger partial charge in [-0.1, -0.05) is 32.6 Å². The average Bonchev–Trinajstić information content (AvgIpc) is 3.34. The number of piperidine rings is 2. The van der Waals surface area contributed by atoms with Crippen LogP contribution in [0, 0.1) is 5.92 Å². The molecule has 3 aliphatic heterocycles. The lowest BCUT2D eigenvalue weighted by molar-refractivity contribution is -0.139. The minimum atomic E-state index is -0.725. The number of nitrogens with one attached hydrogen (secondary N) is 1. The van der Waals surface area contributed by atoms with Crippen molar-refractivity contribution >= 4 is 17.8 Å². The van der Waals surface area contributed by atoms with Gasteiger partial charge in [0.2, 0.25) is 5.91 Å². The van der Waals surface area contributed by atoms with Crippen molar-refractivity contribution in [2.75, 3.05) is 32.7 Å². The summed E-state index contributed by atoms with van der Waals surface area (Å²) in [5, 5.41) is 3.02. The maximum absolute atomic E-state index is 13.3. The van der Waals surface area contributed by atoms with E-state index in [1.165, 1.54) is 30.6 Å². The molecule has 0 aromatic carbocycles. The molecule has 3 heterocycles. The highest BCUT2D eigenvalue weighted by atomic mass is 16.2. The van der Waals surface area contributed by atoms with Crippen LogP contribution in [0.1, 0.15) is 71.1 Å². The van der Waals surface area contributed by atoms with Gasteiger partial charge in [0.15, 0.2) is 0 Å². The molecule has 1 N–H and O–H groups in total. The molecule has 1 atom stereocenters. The smallest absolute Gasteiger partial charge is 0.325 e. The summed E-state index contributed by atoms with van der Waals surface area (Å²) >= 11 is 0. The van der Waals surface area contributed by atoms with Crippen LogP contribution in [0.25, 0.3) is 0 Å². The maximum atomic E-state index is 13.3. The third-order valence-electron chi connectivity index (χ3n) is 7.71. The standard InChI is InChI=1S/C22H36N4O3/c1-2-24-14-11-22(12-15-24)20(28)26(21(29)23-22)18-8-5-13-25(16-18)19(27)10-9-17-6-3-4-7-17/h17-18H,2-16H2,1H3,(H,23,29)/t18-/m0/s1. The Hall–Kier alpha value is -1.63. The van der Waals surface area contributed by atoms with Crippen LogP contribution in [0.5, 0.6) is 0 Å². The molecule has 0 aromatic rings. The Morgan fingerprint density at radius 2 is 1.79 bits per heavy atom. The second kappa shape index (κ2) is 8.62. The number of amides is 4. The lowest BCUT2D eigenvalue weighted by Crippen LogP contribution is -2.56. The van der Waals surface area contributed by atoms with Gasteiger partial charge in [0, 0.05) is 32.6 Å². The second-order valence-electron chi connectivity index (χ2n) is 9.45. The molecule has 162 valence electrons. The predicted molar refractivity (Wildman–Crippen MR) is 110 cm³/mol. The molecule has 0 bridgehead atoms. The lowest BCUT2D eigenvalue weighted by atomic mass is 9.87. The number of nitrogens with zero attached hydrogens (tertiary/aromatic N) is 3. The third-order valence-corrected chi connectivity index (χ3v) is 7.71. The normalized spacial score (nSPS) is 28.4. The van der Waals surface area contributed by atoms with E-state index >= 15 is 0 Å². The van der Waals surface area contributed by atoms with Crippen LogP contribution >= 0.6 is 0 Å². The van der Waals surface area contributed by atoms with E-state index in [0.717, 1.165) is 45.4 Å². The predicted octanol–water partition coefficient (Wildman–Crippen LogP) is 2.35. The van der Waals surface area contributed by atoms with E-state index in [2.05, 4.69) is 17.1 Å². The highest BCUT2D eigenvalue weighted by Gasteiger charge is 2.54. The van der Waals surface area contributed by atoms with Crippen molar-refractivity contribution in [1.29, 1.82) is 0 Å². The average molecular weight is 405 g/mol. The number of rotatable bonds is 5. The first-order valence-electron chi connectivity index (χ1n) is 11.7. The van der Waals surface area contributed by atoms with Gasteiger partial charge >= 0.3 is 6.03 Å². The summed E-state index contributed by atoms with van der Waals surface area (Å²) in [5.41, 5.74) is -0.725. The lowest BCUT2D eigenvalue weighted by Gasteiger charge is -2.39. The van der Waals surface area contributed by atoms with Gasteiger partial charge in [-0.25, -0.2) is 4.79 Å². The molecule has 1 saturated carbocycles. The van der Waals surface area contributed by atoms with Gasteiger partial charge in [-0.15, -0.1) is 0 Å². The SMILES string of the molecule is CCN1CCC2(CC1)NC(=O)N([C@H]1CCCN(C(=O)CCC3CCCC3)C1)C2=O. The molecular weight excluding hydrogens is 368 g/mol. The second-order valence-corrected chi connectivity index (χ2v) is 9.45. The molecule has 4 amide bonds. The number of carbonyl (C=O) groups excluding carboxylic acids is 3. The molecule has 4 fully saturated rings. The monoisotopic (exact) mass is 404 g/mol. The summed E-state index contributed by atoms with van der Waals surface area (Å²) in [6.45, 7) is 6.03. The third kappa shape index (κ3) is 4.16. The molecule has 0 radical (unpaired) electrons. The van der Waals surface area contributed by atoms with Crippen LogP contribution in [-0.4, -0.2) is 76.8 Å². The summed E-state index contributed by atoms with van der Waals surface area (Å²) in [7, 11) is 0. The highest BCUT2D eigenvalue weighted by Crippen LogP contribution is 2.33. The van der Waals surface area contributed by atoms with E-state index in [9.17, 15) is 14.4 Å². The molecule has 1 spiro atoms. The van der Waals surface area contributed by atoms with Crippen molar-refractivity contribution < 1.29 is 14.4 Å². The minimum absolute atomic E-state index is 0.0662. The first-order chi connectivity index (χ1) is 14.0. The number of likely N-dealkylation sites (tertiary alicyclic amines) is 2. The van der Waals surface area contributed by atoms with E-state index in [-0.39, 0.29) is 23.9 Å². The molecule has 7 heteroatoms. The molecule has 4 rings (SSSR count). The molecule has 3 saturated heterocycles. The van der Waals surface area contributed by atoms with Crippen molar-refractivity contribution in [2.24, 2.45) is 5.92 Å². The zero-order valence-electron chi connectivity index (χ0n) is 17.8. The summed E-state index contributed by atoms with van der Waals surface area (Å²) in [4.78, 5) is 44.5. The fraction of sp³-hybridized carbons (Fsp3) is 0.864. The van der Waals surface area contributed by atoms with Crippen LogP contribution in [-0.2, 0) is 9.59 Å². The van der Waals surface area contributed by atoms with Gasteiger partial charge in [-0.2, -0.15) is 0 Å². The summed E-state index contributed by atoms with van der Waals surface area (Å²) < 4.78 is 0. The Labute approximate surface area is 174 Å². The van der Waals surface area contributed by atoms with Gasteiger partial charge in [0.1, 0.15) is 5.54 Å². The summed E-state index contributed by atoms with van der Waals surface area (Å²) in [6, 6.07) is -0.444. The van der Waals surface area contributed by atoms with Gasteiger partial charge in [-0.05, 0) is 44.6 Å². The molecule has 1 aliphatic carbocycles. The zero-order chi connectivity index (χ0) is 20.4. The van der Waals surface area contributed by atoms with E-state index in [1.807, 2.05) is 4.90 Å². The van der Waals surface area contributed by atoms with Gasteiger partial charge in [0.25, 0.3) is 5.91 Å². The summed E-state index contributed by atoms with van der Waals surface area (Å²) in [6.07, 6.45) is 9.72. The Balaban J connectivity index is 1.35. The topological polar surface area (TPSA) is 73.0 Å². The zero-order valence-corrected chi connectivity index (χ0v) is 17.8. The minimum Gasteiger partial charge on any atom is -0.341 e. The number of urea groups is 1. The van der Waals surface area contributed by atoms with Gasteiger partial charge in [0.05, 0.1) is 6.04 Å². The number of carbonyl (C=O) groups is 3. The fourth-order valence-corrected chi connectivity index (χ4v) is 5.74. The highest BCUT2D eigenvalue weighted by molar-refractivity contribution is 6.07. The fourth-order valence-electron chi connectivity index (χ4n) is 5.74. The van der Waals surface area contributed by atoms with E-state index in [4.69, 9.17) is 0 Å². The number of hydrogen-bond donors (Lipinski definition) is 1. The molecular formula is C22H36N4O3.